The van der Waals surface area contributed by atoms with E-state index >= 15 is 0 Å². The summed E-state index contributed by atoms with van der Waals surface area (Å²) >= 11 is 0. The predicted molar refractivity (Wildman–Crippen MR) is 107 cm³/mol. The van der Waals surface area contributed by atoms with E-state index in [4.69, 9.17) is 14.5 Å². The highest BCUT2D eigenvalue weighted by atomic mass is 19.1. The van der Waals surface area contributed by atoms with Crippen molar-refractivity contribution >= 4 is 22.7 Å². The second-order valence-corrected chi connectivity index (χ2v) is 6.41. The molecule has 0 atom stereocenters. The lowest BCUT2D eigenvalue weighted by atomic mass is 10.0. The average molecular weight is 402 g/mol. The number of nitrogens with zero attached hydrogens (tertiary/aromatic N) is 3. The lowest BCUT2D eigenvalue weighted by Gasteiger charge is -2.09. The van der Waals surface area contributed by atoms with Crippen LogP contribution in [0.5, 0.6) is 5.75 Å². The summed E-state index contributed by atoms with van der Waals surface area (Å²) in [4.78, 5) is 17.4. The summed E-state index contributed by atoms with van der Waals surface area (Å²) < 4.78 is 24.7. The van der Waals surface area contributed by atoms with Crippen LogP contribution in [0.4, 0.5) is 10.1 Å². The van der Waals surface area contributed by atoms with Crippen LogP contribution in [-0.4, -0.2) is 22.7 Å². The highest BCUT2D eigenvalue weighted by molar-refractivity contribution is 6.13. The summed E-state index contributed by atoms with van der Waals surface area (Å²) in [5.41, 5.74) is 1.96. The Morgan fingerprint density at radius 1 is 1.23 bits per heavy atom. The first-order valence-corrected chi connectivity index (χ1v) is 9.00. The number of benzene rings is 2. The van der Waals surface area contributed by atoms with Gasteiger partial charge in [0.15, 0.2) is 6.61 Å². The number of rotatable bonds is 5. The molecule has 0 unspecified atom stereocenters. The molecule has 0 fully saturated rings. The van der Waals surface area contributed by atoms with Crippen LogP contribution in [0.15, 0.2) is 59.1 Å². The zero-order valence-electron chi connectivity index (χ0n) is 15.8. The summed E-state index contributed by atoms with van der Waals surface area (Å²) in [6.45, 7) is 1.64. The Morgan fingerprint density at radius 2 is 2.00 bits per heavy atom. The van der Waals surface area contributed by atoms with Crippen molar-refractivity contribution in [3.05, 3.63) is 71.7 Å². The van der Waals surface area contributed by atoms with E-state index in [0.29, 0.717) is 22.5 Å². The van der Waals surface area contributed by atoms with Crippen LogP contribution >= 0.6 is 0 Å². The number of aryl methyl sites for hydroxylation is 1. The molecule has 0 aliphatic carbocycles. The number of hydrogen-bond acceptors (Lipinski definition) is 6. The van der Waals surface area contributed by atoms with E-state index in [-0.39, 0.29) is 29.1 Å². The fraction of sp³-hybridized carbons (Fsp3) is 0.0909. The molecule has 2 heterocycles. The molecular formula is C22H15FN4O3. The van der Waals surface area contributed by atoms with E-state index in [1.165, 1.54) is 12.1 Å². The van der Waals surface area contributed by atoms with Gasteiger partial charge in [0.25, 0.3) is 11.6 Å². The molecule has 0 spiro atoms. The summed E-state index contributed by atoms with van der Waals surface area (Å²) in [5.74, 6) is -0.366. The van der Waals surface area contributed by atoms with Gasteiger partial charge in [-0.25, -0.2) is 9.37 Å². The molecule has 2 aromatic carbocycles. The standard InChI is InChI=1S/C22H15FN4O3/c1-13-20-17(21(28)25-14-6-8-15(9-7-14)29-11-10-24)12-19(26-22(20)30-27-13)16-4-2-3-5-18(16)23/h2-9,12H,11H2,1H3,(H,25,28). The van der Waals surface area contributed by atoms with E-state index in [1.807, 2.05) is 6.07 Å². The molecule has 0 radical (unpaired) electrons. The summed E-state index contributed by atoms with van der Waals surface area (Å²) in [6, 6.07) is 16.2. The third kappa shape index (κ3) is 3.69. The van der Waals surface area contributed by atoms with Crippen molar-refractivity contribution in [3.63, 3.8) is 0 Å². The van der Waals surface area contributed by atoms with E-state index in [9.17, 15) is 9.18 Å². The first-order valence-electron chi connectivity index (χ1n) is 9.00. The lowest BCUT2D eigenvalue weighted by molar-refractivity contribution is 0.102. The van der Waals surface area contributed by atoms with Crippen molar-refractivity contribution in [2.75, 3.05) is 11.9 Å². The maximum Gasteiger partial charge on any atom is 0.259 e. The molecule has 8 heteroatoms. The van der Waals surface area contributed by atoms with Gasteiger partial charge in [0.1, 0.15) is 17.6 Å². The van der Waals surface area contributed by atoms with Crippen molar-refractivity contribution in [1.29, 1.82) is 5.26 Å². The smallest absolute Gasteiger partial charge is 0.259 e. The molecule has 2 aromatic heterocycles. The molecule has 4 rings (SSSR count). The van der Waals surface area contributed by atoms with Crippen molar-refractivity contribution in [2.45, 2.75) is 6.92 Å². The van der Waals surface area contributed by atoms with Gasteiger partial charge >= 0.3 is 0 Å². The van der Waals surface area contributed by atoms with Gasteiger partial charge < -0.3 is 14.6 Å². The topological polar surface area (TPSA) is 101 Å². The Labute approximate surface area is 170 Å². The normalized spacial score (nSPS) is 10.6. The molecule has 7 nitrogen and oxygen atoms in total. The number of carbonyl (C=O) groups excluding carboxylic acids is 1. The van der Waals surface area contributed by atoms with Gasteiger partial charge in [-0.05, 0) is 49.4 Å². The van der Waals surface area contributed by atoms with Gasteiger partial charge in [0.2, 0.25) is 0 Å². The minimum Gasteiger partial charge on any atom is -0.479 e. The molecule has 0 saturated heterocycles. The first kappa shape index (κ1) is 19.1. The van der Waals surface area contributed by atoms with Gasteiger partial charge in [-0.2, -0.15) is 5.26 Å². The Kier molecular flexibility index (Phi) is 5.09. The second kappa shape index (κ2) is 8.01. The van der Waals surface area contributed by atoms with Crippen molar-refractivity contribution < 1.29 is 18.4 Å². The lowest BCUT2D eigenvalue weighted by Crippen LogP contribution is -2.13. The molecule has 0 bridgehead atoms. The monoisotopic (exact) mass is 402 g/mol. The number of halogens is 1. The zero-order chi connectivity index (χ0) is 21.1. The molecule has 0 aliphatic heterocycles. The summed E-state index contributed by atoms with van der Waals surface area (Å²) in [7, 11) is 0. The predicted octanol–water partition coefficient (Wildman–Crippen LogP) is 4.49. The molecule has 4 aromatic rings. The number of nitrogens with one attached hydrogen (secondary N) is 1. The molecule has 0 aliphatic rings. The van der Waals surface area contributed by atoms with Crippen LogP contribution in [0.25, 0.3) is 22.4 Å². The third-order valence-corrected chi connectivity index (χ3v) is 4.43. The number of hydrogen-bond donors (Lipinski definition) is 1. The van der Waals surface area contributed by atoms with Crippen molar-refractivity contribution in [1.82, 2.24) is 10.1 Å². The molecular weight excluding hydrogens is 387 g/mol. The Morgan fingerprint density at radius 3 is 2.73 bits per heavy atom. The molecule has 0 saturated carbocycles. The van der Waals surface area contributed by atoms with Crippen LogP contribution in [0.2, 0.25) is 0 Å². The van der Waals surface area contributed by atoms with Gasteiger partial charge in [0.05, 0.1) is 22.3 Å². The number of ether oxygens (including phenoxy) is 1. The fourth-order valence-corrected chi connectivity index (χ4v) is 3.03. The number of fused-ring (bicyclic) bond motifs is 1. The summed E-state index contributed by atoms with van der Waals surface area (Å²) in [6.07, 6.45) is 0. The largest absolute Gasteiger partial charge is 0.479 e. The Balaban J connectivity index is 1.70. The van der Waals surface area contributed by atoms with E-state index < -0.39 is 11.7 Å². The summed E-state index contributed by atoms with van der Waals surface area (Å²) in [5, 5.41) is 15.7. The van der Waals surface area contributed by atoms with Crippen LogP contribution < -0.4 is 10.1 Å². The van der Waals surface area contributed by atoms with E-state index in [2.05, 4.69) is 15.5 Å². The Bertz CT molecular complexity index is 1280. The first-order chi connectivity index (χ1) is 14.6. The van der Waals surface area contributed by atoms with Crippen LogP contribution in [0.1, 0.15) is 16.1 Å². The van der Waals surface area contributed by atoms with Crippen LogP contribution in [0.3, 0.4) is 0 Å². The van der Waals surface area contributed by atoms with Gasteiger partial charge in [-0.1, -0.05) is 17.3 Å². The number of carbonyl (C=O) groups is 1. The number of anilines is 1. The maximum atomic E-state index is 14.3. The number of pyridine rings is 1. The molecule has 30 heavy (non-hydrogen) atoms. The maximum absolute atomic E-state index is 14.3. The number of amides is 1. The van der Waals surface area contributed by atoms with E-state index in [0.717, 1.165) is 0 Å². The average Bonchev–Trinajstić information content (AvgIpc) is 3.13. The Hall–Kier alpha value is -4.25. The third-order valence-electron chi connectivity index (χ3n) is 4.43. The molecule has 148 valence electrons. The van der Waals surface area contributed by atoms with Crippen LogP contribution in [-0.2, 0) is 0 Å². The molecule has 1 N–H and O–H groups in total. The zero-order valence-corrected chi connectivity index (χ0v) is 15.8. The quantitative estimate of drug-likeness (QED) is 0.528. The highest BCUT2D eigenvalue weighted by Gasteiger charge is 2.20. The second-order valence-electron chi connectivity index (χ2n) is 6.41. The minimum absolute atomic E-state index is 0.0632. The van der Waals surface area contributed by atoms with Gasteiger partial charge in [-0.15, -0.1) is 0 Å². The van der Waals surface area contributed by atoms with Gasteiger partial charge in [0, 0.05) is 11.3 Å². The SMILES string of the molecule is Cc1noc2nc(-c3ccccc3F)cc(C(=O)Nc3ccc(OCC#N)cc3)c12. The number of nitriles is 1. The minimum atomic E-state index is -0.458. The van der Waals surface area contributed by atoms with Crippen LogP contribution in [0, 0.1) is 24.1 Å². The van der Waals surface area contributed by atoms with Crippen molar-refractivity contribution in [2.24, 2.45) is 0 Å². The molecule has 1 amide bonds. The highest BCUT2D eigenvalue weighted by Crippen LogP contribution is 2.29. The van der Waals surface area contributed by atoms with Crippen molar-refractivity contribution in [3.8, 4) is 23.1 Å². The van der Waals surface area contributed by atoms with E-state index in [1.54, 1.807) is 49.4 Å². The van der Waals surface area contributed by atoms with Gasteiger partial charge in [-0.3, -0.25) is 4.79 Å². The number of aromatic nitrogens is 2. The fourth-order valence-electron chi connectivity index (χ4n) is 3.03.